The minimum Gasteiger partial charge on any atom is -0.205 e. The van der Waals surface area contributed by atoms with Gasteiger partial charge in [0.2, 0.25) is 0 Å². The van der Waals surface area contributed by atoms with Gasteiger partial charge in [-0.05, 0) is 124 Å². The summed E-state index contributed by atoms with van der Waals surface area (Å²) in [4.78, 5) is 0. The van der Waals surface area contributed by atoms with E-state index in [0.29, 0.717) is 0 Å². The Bertz CT molecular complexity index is 684. The molecule has 0 aliphatic heterocycles. The van der Waals surface area contributed by atoms with Crippen molar-refractivity contribution in [2.45, 2.75) is 83.0 Å². The molecule has 3 fully saturated rings. The SMILES string of the molecule is C=CCCC1CCC2CC(C3CCC(c4cc(F)c(Cl)c(F)c4)CC3)CCC2C1. The molecule has 0 amide bonds. The molecule has 0 bridgehead atoms. The molecule has 1 aromatic carbocycles. The van der Waals surface area contributed by atoms with Crippen molar-refractivity contribution < 1.29 is 8.78 Å². The lowest BCUT2D eigenvalue weighted by Crippen LogP contribution is -2.34. The maximum atomic E-state index is 13.8. The van der Waals surface area contributed by atoms with Crippen LogP contribution in [0.1, 0.15) is 88.5 Å². The number of rotatable bonds is 5. The molecule has 4 unspecified atom stereocenters. The van der Waals surface area contributed by atoms with Crippen LogP contribution in [0, 0.1) is 41.2 Å². The van der Waals surface area contributed by atoms with Crippen molar-refractivity contribution in [2.24, 2.45) is 29.6 Å². The van der Waals surface area contributed by atoms with Crippen LogP contribution in [-0.4, -0.2) is 0 Å². The van der Waals surface area contributed by atoms with Crippen LogP contribution in [0.15, 0.2) is 24.8 Å². The zero-order chi connectivity index (χ0) is 20.4. The molecule has 0 radical (unpaired) electrons. The summed E-state index contributed by atoms with van der Waals surface area (Å²) < 4.78 is 27.7. The predicted octanol–water partition coefficient (Wildman–Crippen LogP) is 8.69. The average Bonchev–Trinajstić information content (AvgIpc) is 2.75. The van der Waals surface area contributed by atoms with E-state index in [0.717, 1.165) is 48.0 Å². The molecule has 4 rings (SSSR count). The van der Waals surface area contributed by atoms with Crippen molar-refractivity contribution >= 4 is 11.6 Å². The zero-order valence-corrected chi connectivity index (χ0v) is 18.3. The van der Waals surface area contributed by atoms with E-state index in [1.807, 2.05) is 0 Å². The first-order valence-corrected chi connectivity index (χ1v) is 12.2. The molecule has 0 nitrogen and oxygen atoms in total. The van der Waals surface area contributed by atoms with Crippen LogP contribution in [-0.2, 0) is 0 Å². The number of halogens is 3. The predicted molar refractivity (Wildman–Crippen MR) is 117 cm³/mol. The fraction of sp³-hybridized carbons (Fsp3) is 0.692. The lowest BCUT2D eigenvalue weighted by molar-refractivity contribution is 0.0621. The minimum absolute atomic E-state index is 0.282. The Kier molecular flexibility index (Phi) is 6.99. The Labute approximate surface area is 180 Å². The van der Waals surface area contributed by atoms with E-state index < -0.39 is 11.6 Å². The van der Waals surface area contributed by atoms with Gasteiger partial charge >= 0.3 is 0 Å². The third kappa shape index (κ3) is 4.89. The second-order valence-electron chi connectivity index (χ2n) is 10.0. The largest absolute Gasteiger partial charge is 0.205 e. The van der Waals surface area contributed by atoms with Crippen LogP contribution >= 0.6 is 11.6 Å². The molecule has 3 heteroatoms. The fourth-order valence-corrected chi connectivity index (χ4v) is 6.91. The molecule has 0 heterocycles. The van der Waals surface area contributed by atoms with Crippen molar-refractivity contribution in [3.63, 3.8) is 0 Å². The Morgan fingerprint density at radius 1 is 0.828 bits per heavy atom. The summed E-state index contributed by atoms with van der Waals surface area (Å²) in [5.41, 5.74) is 0.796. The van der Waals surface area contributed by atoms with Gasteiger partial charge in [0, 0.05) is 0 Å². The van der Waals surface area contributed by atoms with Gasteiger partial charge in [-0.15, -0.1) is 6.58 Å². The van der Waals surface area contributed by atoms with Crippen molar-refractivity contribution in [3.8, 4) is 0 Å². The van der Waals surface area contributed by atoms with E-state index in [-0.39, 0.29) is 10.9 Å². The van der Waals surface area contributed by atoms with Crippen LogP contribution in [0.25, 0.3) is 0 Å². The van der Waals surface area contributed by atoms with Gasteiger partial charge in [-0.25, -0.2) is 8.78 Å². The molecular weight excluding hydrogens is 386 g/mol. The molecule has 3 aliphatic rings. The number of allylic oxidation sites excluding steroid dienone is 1. The molecule has 3 aliphatic carbocycles. The molecule has 4 atom stereocenters. The Balaban J connectivity index is 1.28. The van der Waals surface area contributed by atoms with E-state index in [9.17, 15) is 8.78 Å². The van der Waals surface area contributed by atoms with E-state index in [4.69, 9.17) is 11.6 Å². The summed E-state index contributed by atoms with van der Waals surface area (Å²) in [5, 5.41) is -0.376. The number of hydrogen-bond donors (Lipinski definition) is 0. The molecule has 3 saturated carbocycles. The summed E-state index contributed by atoms with van der Waals surface area (Å²) in [7, 11) is 0. The zero-order valence-electron chi connectivity index (χ0n) is 17.5. The Morgan fingerprint density at radius 2 is 1.38 bits per heavy atom. The van der Waals surface area contributed by atoms with Gasteiger partial charge in [0.05, 0.1) is 0 Å². The first-order chi connectivity index (χ1) is 14.0. The molecule has 1 aromatic rings. The monoisotopic (exact) mass is 420 g/mol. The summed E-state index contributed by atoms with van der Waals surface area (Å²) in [6.07, 6.45) is 17.7. The van der Waals surface area contributed by atoms with Crippen molar-refractivity contribution in [2.75, 3.05) is 0 Å². The molecule has 0 spiro atoms. The highest BCUT2D eigenvalue weighted by Crippen LogP contribution is 2.50. The number of benzene rings is 1. The van der Waals surface area contributed by atoms with E-state index in [1.165, 1.54) is 76.3 Å². The van der Waals surface area contributed by atoms with E-state index in [1.54, 1.807) is 0 Å². The van der Waals surface area contributed by atoms with Crippen molar-refractivity contribution in [3.05, 3.63) is 47.0 Å². The van der Waals surface area contributed by atoms with Gasteiger partial charge in [0.15, 0.2) is 0 Å². The lowest BCUT2D eigenvalue weighted by atomic mass is 9.60. The second-order valence-corrected chi connectivity index (χ2v) is 10.4. The van der Waals surface area contributed by atoms with Gasteiger partial charge in [-0.3, -0.25) is 0 Å². The topological polar surface area (TPSA) is 0 Å². The average molecular weight is 421 g/mol. The molecule has 160 valence electrons. The summed E-state index contributed by atoms with van der Waals surface area (Å²) in [5.74, 6) is 3.58. The second kappa shape index (κ2) is 9.50. The van der Waals surface area contributed by atoms with Crippen molar-refractivity contribution in [1.29, 1.82) is 0 Å². The van der Waals surface area contributed by atoms with Crippen LogP contribution in [0.2, 0.25) is 5.02 Å². The normalized spacial score (nSPS) is 35.1. The number of hydrogen-bond acceptors (Lipinski definition) is 0. The Hall–Kier alpha value is -0.890. The van der Waals surface area contributed by atoms with Crippen molar-refractivity contribution in [1.82, 2.24) is 0 Å². The fourth-order valence-electron chi connectivity index (χ4n) is 6.80. The van der Waals surface area contributed by atoms with Gasteiger partial charge in [-0.1, -0.05) is 24.1 Å². The van der Waals surface area contributed by atoms with Gasteiger partial charge in [0.1, 0.15) is 16.7 Å². The smallest absolute Gasteiger partial charge is 0.145 e. The summed E-state index contributed by atoms with van der Waals surface area (Å²) in [6.45, 7) is 3.88. The lowest BCUT2D eigenvalue weighted by Gasteiger charge is -2.45. The third-order valence-corrected chi connectivity index (χ3v) is 8.82. The molecule has 0 N–H and O–H groups in total. The maximum Gasteiger partial charge on any atom is 0.145 e. The summed E-state index contributed by atoms with van der Waals surface area (Å²) >= 11 is 5.65. The minimum atomic E-state index is -0.620. The standard InChI is InChI=1S/C26H35ClF2/c1-2-3-4-17-5-6-22-14-21(12-11-20(22)13-17)18-7-9-19(10-8-18)23-15-24(28)26(27)25(29)16-23/h2,15-22H,1,3-14H2. The molecular formula is C26H35ClF2. The molecule has 0 aromatic heterocycles. The highest BCUT2D eigenvalue weighted by molar-refractivity contribution is 6.30. The first-order valence-electron chi connectivity index (χ1n) is 11.8. The van der Waals surface area contributed by atoms with E-state index in [2.05, 4.69) is 12.7 Å². The van der Waals surface area contributed by atoms with Gasteiger partial charge < -0.3 is 0 Å². The van der Waals surface area contributed by atoms with Crippen LogP contribution in [0.5, 0.6) is 0 Å². The Morgan fingerprint density at radius 3 is 2.03 bits per heavy atom. The highest BCUT2D eigenvalue weighted by Gasteiger charge is 2.38. The van der Waals surface area contributed by atoms with Crippen LogP contribution in [0.3, 0.4) is 0 Å². The first kappa shape index (κ1) is 21.3. The van der Waals surface area contributed by atoms with Crippen LogP contribution in [0.4, 0.5) is 8.78 Å². The van der Waals surface area contributed by atoms with Crippen LogP contribution < -0.4 is 0 Å². The van der Waals surface area contributed by atoms with E-state index >= 15 is 0 Å². The van der Waals surface area contributed by atoms with Gasteiger partial charge in [0.25, 0.3) is 0 Å². The summed E-state index contributed by atoms with van der Waals surface area (Å²) in [6, 6.07) is 2.90. The maximum absolute atomic E-state index is 13.8. The quantitative estimate of drug-likeness (QED) is 0.330. The highest BCUT2D eigenvalue weighted by atomic mass is 35.5. The van der Waals surface area contributed by atoms with Gasteiger partial charge in [-0.2, -0.15) is 0 Å². The molecule has 29 heavy (non-hydrogen) atoms. The molecule has 0 saturated heterocycles. The number of fused-ring (bicyclic) bond motifs is 1. The third-order valence-electron chi connectivity index (χ3n) is 8.46.